The third-order valence-electron chi connectivity index (χ3n) is 4.16. The second-order valence-corrected chi connectivity index (χ2v) is 8.64. The maximum atomic E-state index is 11.9. The first-order chi connectivity index (χ1) is 14.7. The van der Waals surface area contributed by atoms with Crippen molar-refractivity contribution in [1.29, 1.82) is 0 Å². The molecular weight excluding hydrogens is 428 g/mol. The van der Waals surface area contributed by atoms with Gasteiger partial charge in [0.15, 0.2) is 34.0 Å². The van der Waals surface area contributed by atoms with Gasteiger partial charge in [-0.25, -0.2) is 18.0 Å². The van der Waals surface area contributed by atoms with Gasteiger partial charge in [-0.2, -0.15) is 0 Å². The molecule has 1 heterocycles. The second kappa shape index (κ2) is 9.47. The summed E-state index contributed by atoms with van der Waals surface area (Å²) in [7, 11) is -3.39. The van der Waals surface area contributed by atoms with E-state index >= 15 is 0 Å². The second-order valence-electron chi connectivity index (χ2n) is 6.63. The molecule has 164 valence electrons. The molecule has 2 aromatic carbocycles. The Morgan fingerprint density at radius 1 is 1.06 bits per heavy atom. The van der Waals surface area contributed by atoms with Crippen molar-refractivity contribution in [3.8, 4) is 11.5 Å². The van der Waals surface area contributed by atoms with Gasteiger partial charge in [0.05, 0.1) is 17.0 Å². The van der Waals surface area contributed by atoms with Crippen molar-refractivity contribution in [1.82, 2.24) is 10.6 Å². The van der Waals surface area contributed by atoms with Gasteiger partial charge in [-0.15, -0.1) is 0 Å². The number of ether oxygens (including phenoxy) is 3. The van der Waals surface area contributed by atoms with Crippen LogP contribution in [0.1, 0.15) is 10.4 Å². The Kier molecular flexibility index (Phi) is 6.75. The summed E-state index contributed by atoms with van der Waals surface area (Å²) < 4.78 is 38.9. The van der Waals surface area contributed by atoms with Gasteiger partial charge >= 0.3 is 12.0 Å². The first-order valence-corrected chi connectivity index (χ1v) is 11.0. The number of urea groups is 1. The number of hydrogen-bond acceptors (Lipinski definition) is 8. The molecule has 31 heavy (non-hydrogen) atoms. The van der Waals surface area contributed by atoms with E-state index in [0.717, 1.165) is 6.26 Å². The van der Waals surface area contributed by atoms with Crippen LogP contribution in [0.2, 0.25) is 0 Å². The van der Waals surface area contributed by atoms with Gasteiger partial charge in [0.2, 0.25) is 0 Å². The number of nitrogens with one attached hydrogen (secondary N) is 2. The van der Waals surface area contributed by atoms with Gasteiger partial charge in [-0.3, -0.25) is 10.1 Å². The van der Waals surface area contributed by atoms with E-state index in [-0.39, 0.29) is 23.6 Å². The molecule has 1 aliphatic heterocycles. The standard InChI is InChI=1S/C20H20N2O8S/c1-31(26,27)15-8-6-13(7-9-15)19(24)29-12-18(23)22-20(25)21-10-14-11-28-16-4-2-3-5-17(16)30-14/h2-9,14H,10-12H2,1H3,(H2,21,22,23,25). The van der Waals surface area contributed by atoms with Crippen LogP contribution in [0, 0.1) is 0 Å². The van der Waals surface area contributed by atoms with Crippen LogP contribution >= 0.6 is 0 Å². The Morgan fingerprint density at radius 2 is 1.74 bits per heavy atom. The summed E-state index contributed by atoms with van der Waals surface area (Å²) in [4.78, 5) is 35.7. The Hall–Kier alpha value is -3.60. The zero-order valence-electron chi connectivity index (χ0n) is 16.5. The number of hydrogen-bond donors (Lipinski definition) is 2. The number of rotatable bonds is 6. The number of sulfone groups is 1. The van der Waals surface area contributed by atoms with Crippen LogP contribution in [-0.4, -0.2) is 58.4 Å². The molecule has 1 atom stereocenters. The number of imide groups is 1. The lowest BCUT2D eigenvalue weighted by Gasteiger charge is -2.26. The number of carbonyl (C=O) groups is 3. The molecule has 1 aliphatic rings. The van der Waals surface area contributed by atoms with Crippen LogP contribution in [0.3, 0.4) is 0 Å². The summed E-state index contributed by atoms with van der Waals surface area (Å²) in [5.41, 5.74) is 0.0689. The lowest BCUT2D eigenvalue weighted by molar-refractivity contribution is -0.123. The van der Waals surface area contributed by atoms with Crippen molar-refractivity contribution >= 4 is 27.7 Å². The highest BCUT2D eigenvalue weighted by molar-refractivity contribution is 7.90. The Labute approximate surface area is 178 Å². The van der Waals surface area contributed by atoms with E-state index in [9.17, 15) is 22.8 Å². The van der Waals surface area contributed by atoms with Crippen molar-refractivity contribution in [3.05, 3.63) is 54.1 Å². The number of amides is 3. The van der Waals surface area contributed by atoms with Gasteiger partial charge in [0.1, 0.15) is 6.61 Å². The van der Waals surface area contributed by atoms with Crippen molar-refractivity contribution in [2.45, 2.75) is 11.0 Å². The largest absolute Gasteiger partial charge is 0.486 e. The lowest BCUT2D eigenvalue weighted by atomic mass is 10.2. The van der Waals surface area contributed by atoms with E-state index in [4.69, 9.17) is 14.2 Å². The first kappa shape index (κ1) is 22.1. The van der Waals surface area contributed by atoms with Gasteiger partial charge in [-0.05, 0) is 36.4 Å². The first-order valence-electron chi connectivity index (χ1n) is 9.16. The molecule has 1 unspecified atom stereocenters. The van der Waals surface area contributed by atoms with Crippen LogP contribution in [0.25, 0.3) is 0 Å². The molecule has 0 fully saturated rings. The average Bonchev–Trinajstić information content (AvgIpc) is 2.75. The normalized spacial score (nSPS) is 14.9. The summed E-state index contributed by atoms with van der Waals surface area (Å²) >= 11 is 0. The van der Waals surface area contributed by atoms with E-state index < -0.39 is 40.5 Å². The molecule has 0 aliphatic carbocycles. The van der Waals surface area contributed by atoms with Crippen molar-refractivity contribution in [2.75, 3.05) is 26.0 Å². The molecule has 0 radical (unpaired) electrons. The van der Waals surface area contributed by atoms with Crippen LogP contribution in [-0.2, 0) is 19.4 Å². The number of esters is 1. The molecule has 0 saturated carbocycles. The SMILES string of the molecule is CS(=O)(=O)c1ccc(C(=O)OCC(=O)NC(=O)NCC2COc3ccccc3O2)cc1. The molecule has 3 amide bonds. The predicted molar refractivity (Wildman–Crippen MR) is 108 cm³/mol. The minimum Gasteiger partial charge on any atom is -0.486 e. The van der Waals surface area contributed by atoms with Gasteiger partial charge in [0.25, 0.3) is 5.91 Å². The Morgan fingerprint density at radius 3 is 2.42 bits per heavy atom. The third-order valence-corrected chi connectivity index (χ3v) is 5.29. The fraction of sp³-hybridized carbons (Fsp3) is 0.250. The number of carbonyl (C=O) groups excluding carboxylic acids is 3. The fourth-order valence-electron chi connectivity index (χ4n) is 2.63. The van der Waals surface area contributed by atoms with Crippen LogP contribution < -0.4 is 20.1 Å². The lowest BCUT2D eigenvalue weighted by Crippen LogP contribution is -2.46. The van der Waals surface area contributed by atoms with Crippen molar-refractivity contribution < 1.29 is 37.0 Å². The highest BCUT2D eigenvalue weighted by atomic mass is 32.2. The molecule has 11 heteroatoms. The predicted octanol–water partition coefficient (Wildman–Crippen LogP) is 0.913. The minimum absolute atomic E-state index is 0.0503. The topological polar surface area (TPSA) is 137 Å². The molecule has 0 bridgehead atoms. The molecule has 0 spiro atoms. The van der Waals surface area contributed by atoms with E-state index in [1.807, 2.05) is 11.4 Å². The molecule has 0 aromatic heterocycles. The summed E-state index contributed by atoms with van der Waals surface area (Å²) in [6, 6.07) is 11.4. The molecule has 2 N–H and O–H groups in total. The zero-order chi connectivity index (χ0) is 22.4. The smallest absolute Gasteiger partial charge is 0.338 e. The Bertz CT molecular complexity index is 1080. The van der Waals surface area contributed by atoms with E-state index in [0.29, 0.717) is 11.5 Å². The highest BCUT2D eigenvalue weighted by Crippen LogP contribution is 2.30. The third kappa shape index (κ3) is 6.19. The van der Waals surface area contributed by atoms with Crippen LogP contribution in [0.4, 0.5) is 4.79 Å². The summed E-state index contributed by atoms with van der Waals surface area (Å²) in [5.74, 6) is -0.480. The zero-order valence-corrected chi connectivity index (χ0v) is 17.3. The number of para-hydroxylation sites is 2. The maximum Gasteiger partial charge on any atom is 0.338 e. The quantitative estimate of drug-likeness (QED) is 0.622. The van der Waals surface area contributed by atoms with Gasteiger partial charge < -0.3 is 19.5 Å². The maximum absolute atomic E-state index is 11.9. The Balaban J connectivity index is 1.39. The monoisotopic (exact) mass is 448 g/mol. The summed E-state index contributed by atoms with van der Waals surface area (Å²) in [5, 5.41) is 4.51. The van der Waals surface area contributed by atoms with Gasteiger partial charge in [-0.1, -0.05) is 12.1 Å². The van der Waals surface area contributed by atoms with E-state index in [1.54, 1.807) is 18.2 Å². The molecule has 0 saturated heterocycles. The summed E-state index contributed by atoms with van der Waals surface area (Å²) in [6.07, 6.45) is 0.616. The van der Waals surface area contributed by atoms with E-state index in [1.165, 1.54) is 24.3 Å². The van der Waals surface area contributed by atoms with Crippen LogP contribution in [0.5, 0.6) is 11.5 Å². The van der Waals surface area contributed by atoms with E-state index in [2.05, 4.69) is 5.32 Å². The average molecular weight is 448 g/mol. The minimum atomic E-state index is -3.39. The number of fused-ring (bicyclic) bond motifs is 1. The summed E-state index contributed by atoms with van der Waals surface area (Å²) in [6.45, 7) is -0.350. The van der Waals surface area contributed by atoms with Crippen molar-refractivity contribution in [2.24, 2.45) is 0 Å². The van der Waals surface area contributed by atoms with Crippen molar-refractivity contribution in [3.63, 3.8) is 0 Å². The molecule has 10 nitrogen and oxygen atoms in total. The highest BCUT2D eigenvalue weighted by Gasteiger charge is 2.21. The number of benzene rings is 2. The molecule has 3 rings (SSSR count). The molecule has 2 aromatic rings. The fourth-order valence-corrected chi connectivity index (χ4v) is 3.26. The molecular formula is C20H20N2O8S. The van der Waals surface area contributed by atoms with Gasteiger partial charge in [0, 0.05) is 6.26 Å². The van der Waals surface area contributed by atoms with Crippen LogP contribution in [0.15, 0.2) is 53.4 Å².